The summed E-state index contributed by atoms with van der Waals surface area (Å²) in [5.41, 5.74) is -4.11. The molecule has 20 heteroatoms. The van der Waals surface area contributed by atoms with Crippen molar-refractivity contribution in [1.29, 1.82) is 5.26 Å². The van der Waals surface area contributed by atoms with E-state index in [9.17, 15) is 52.6 Å². The van der Waals surface area contributed by atoms with Gasteiger partial charge in [0.05, 0.1) is 12.6 Å². The van der Waals surface area contributed by atoms with Gasteiger partial charge in [0, 0.05) is 69.6 Å². The second-order valence-electron chi connectivity index (χ2n) is 11.0. The molecule has 4 atom stereocenters. The number of carbonyl (C=O) groups excluding carboxylic acids is 2. The Kier molecular flexibility index (Phi) is 9.24. The molecule has 2 aromatic heterocycles. The standard InChI is InChI=1S/C28H29F8N7O4S/c1-41-13-12-40-26(41)27(46,28(29,30)31)9-11-39-24(44)23(18-4-3-10-38-15-18)43(25(45)22-14-20(47-2)16-42(22)17-37)19-5-7-21(8-6-19)48(32,33,34,35)36/h3-8,10,12-13,15,20,22-23,46H,9,11,14,16H2,1-2H3,(H,39,44). The number of methoxy groups -OCH3 is 1. The van der Waals surface area contributed by atoms with Crippen LogP contribution in [0.25, 0.3) is 0 Å². The number of aliphatic hydroxyl groups is 1. The number of alkyl halides is 3. The van der Waals surface area contributed by atoms with E-state index in [2.05, 4.69) is 15.3 Å². The summed E-state index contributed by atoms with van der Waals surface area (Å²) in [7, 11) is -7.65. The number of imidazole rings is 1. The van der Waals surface area contributed by atoms with Crippen molar-refractivity contribution >= 4 is 27.7 Å². The average molecular weight is 712 g/mol. The van der Waals surface area contributed by atoms with Crippen LogP contribution in [-0.4, -0.2) is 74.9 Å². The van der Waals surface area contributed by atoms with Crippen molar-refractivity contribution in [2.24, 2.45) is 7.05 Å². The first-order valence-corrected chi connectivity index (χ1v) is 15.9. The number of aromatic nitrogens is 3. The summed E-state index contributed by atoms with van der Waals surface area (Å²) in [6.07, 6.45) is -0.819. The van der Waals surface area contributed by atoms with Crippen LogP contribution in [0, 0.1) is 11.5 Å². The van der Waals surface area contributed by atoms with Gasteiger partial charge in [-0.05, 0) is 30.3 Å². The first kappa shape index (κ1) is 36.4. The molecule has 1 aliphatic rings. The van der Waals surface area contributed by atoms with E-state index in [0.717, 1.165) is 28.1 Å². The maximum absolute atomic E-state index is 14.2. The molecule has 4 rings (SSSR count). The summed E-state index contributed by atoms with van der Waals surface area (Å²) in [5.74, 6) is -3.00. The zero-order valence-electron chi connectivity index (χ0n) is 25.1. The van der Waals surface area contributed by atoms with Gasteiger partial charge in [-0.3, -0.25) is 24.4 Å². The number of rotatable bonds is 11. The fraction of sp³-hybridized carbons (Fsp3) is 0.393. The molecule has 3 aromatic rings. The Labute approximate surface area is 268 Å². The number of nitrogens with one attached hydrogen (secondary N) is 1. The lowest BCUT2D eigenvalue weighted by atomic mass is 9.97. The number of likely N-dealkylation sites (tertiary alicyclic amines) is 1. The number of hydrogen-bond acceptors (Lipinski definition) is 8. The highest BCUT2D eigenvalue weighted by atomic mass is 32.5. The third kappa shape index (κ3) is 7.47. The van der Waals surface area contributed by atoms with Crippen LogP contribution in [0.1, 0.15) is 30.3 Å². The van der Waals surface area contributed by atoms with Crippen LogP contribution < -0.4 is 10.2 Å². The van der Waals surface area contributed by atoms with Crippen LogP contribution in [0.3, 0.4) is 0 Å². The number of pyridine rings is 1. The van der Waals surface area contributed by atoms with Crippen molar-refractivity contribution in [3.05, 3.63) is 72.6 Å². The summed E-state index contributed by atoms with van der Waals surface area (Å²) in [6, 6.07) is 0.523. The van der Waals surface area contributed by atoms with E-state index in [-0.39, 0.29) is 30.7 Å². The number of anilines is 1. The second-order valence-corrected chi connectivity index (χ2v) is 13.4. The van der Waals surface area contributed by atoms with Crippen LogP contribution in [0.4, 0.5) is 38.3 Å². The van der Waals surface area contributed by atoms with Crippen LogP contribution in [0.2, 0.25) is 0 Å². The predicted molar refractivity (Wildman–Crippen MR) is 155 cm³/mol. The normalized spacial score (nSPS) is 20.2. The third-order valence-corrected chi connectivity index (χ3v) is 8.92. The molecule has 4 unspecified atom stereocenters. The molecule has 1 aromatic carbocycles. The number of nitriles is 1. The first-order valence-electron chi connectivity index (χ1n) is 13.9. The van der Waals surface area contributed by atoms with Crippen LogP contribution in [0.15, 0.2) is 66.1 Å². The molecule has 1 fully saturated rings. The SMILES string of the molecule is COC1CC(C(=O)N(c2ccc(S(F)(F)(F)(F)F)cc2)C(C(=O)NCCC(O)(c2nccn2C)C(F)(F)F)c2cccnc2)N(C#N)C1. The fourth-order valence-corrected chi connectivity index (χ4v) is 5.95. The minimum absolute atomic E-state index is 0.0281. The highest BCUT2D eigenvalue weighted by Gasteiger charge is 2.65. The summed E-state index contributed by atoms with van der Waals surface area (Å²) in [6.45, 7) is -0.934. The number of halogens is 8. The van der Waals surface area contributed by atoms with Gasteiger partial charge >= 0.3 is 16.4 Å². The molecule has 0 spiro atoms. The quantitative estimate of drug-likeness (QED) is 0.208. The number of nitrogens with zero attached hydrogens (tertiary/aromatic N) is 6. The Morgan fingerprint density at radius 1 is 1.17 bits per heavy atom. The maximum Gasteiger partial charge on any atom is 0.424 e. The molecule has 3 heterocycles. The Morgan fingerprint density at radius 2 is 1.83 bits per heavy atom. The Bertz CT molecular complexity index is 1690. The van der Waals surface area contributed by atoms with Crippen LogP contribution in [-0.2, 0) is 27.0 Å². The van der Waals surface area contributed by atoms with Gasteiger partial charge in [-0.1, -0.05) is 25.5 Å². The molecule has 48 heavy (non-hydrogen) atoms. The van der Waals surface area contributed by atoms with E-state index in [0.29, 0.717) is 17.0 Å². The Hall–Kier alpha value is -4.48. The molecule has 1 aliphatic heterocycles. The van der Waals surface area contributed by atoms with Gasteiger partial charge in [-0.15, -0.1) is 0 Å². The molecule has 2 amide bonds. The van der Waals surface area contributed by atoms with Crippen molar-refractivity contribution < 1.29 is 52.0 Å². The molecule has 262 valence electrons. The average Bonchev–Trinajstić information content (AvgIpc) is 3.64. The molecule has 2 N–H and O–H groups in total. The lowest BCUT2D eigenvalue weighted by Gasteiger charge is -2.41. The van der Waals surface area contributed by atoms with Crippen molar-refractivity contribution in [2.75, 3.05) is 25.1 Å². The zero-order valence-corrected chi connectivity index (χ0v) is 25.9. The van der Waals surface area contributed by atoms with Crippen molar-refractivity contribution in [2.45, 2.75) is 47.7 Å². The largest absolute Gasteiger partial charge is 0.424 e. The zero-order chi connectivity index (χ0) is 35.8. The van der Waals surface area contributed by atoms with E-state index in [1.54, 1.807) is 6.19 Å². The molecule has 1 saturated heterocycles. The molecule has 0 saturated carbocycles. The lowest BCUT2D eigenvalue weighted by Crippen LogP contribution is -2.51. The van der Waals surface area contributed by atoms with E-state index < -0.39 is 81.4 Å². The van der Waals surface area contributed by atoms with E-state index in [4.69, 9.17) is 4.74 Å². The molecular formula is C28H29F8N7O4S. The lowest BCUT2D eigenvalue weighted by molar-refractivity contribution is -0.272. The van der Waals surface area contributed by atoms with E-state index in [1.807, 2.05) is 0 Å². The summed E-state index contributed by atoms with van der Waals surface area (Å²) in [5, 5.41) is 22.6. The number of benzene rings is 1. The predicted octanol–water partition coefficient (Wildman–Crippen LogP) is 5.07. The van der Waals surface area contributed by atoms with Gasteiger partial charge in [-0.25, -0.2) is 4.98 Å². The minimum Gasteiger partial charge on any atom is -0.379 e. The highest BCUT2D eigenvalue weighted by Crippen LogP contribution is 3.02. The number of amides is 2. The minimum atomic E-state index is -10.2. The van der Waals surface area contributed by atoms with Crippen molar-refractivity contribution in [3.63, 3.8) is 0 Å². The van der Waals surface area contributed by atoms with Crippen LogP contribution >= 0.6 is 10.2 Å². The topological polar surface area (TPSA) is 137 Å². The van der Waals surface area contributed by atoms with Crippen LogP contribution in [0.5, 0.6) is 0 Å². The number of hydrogen-bond donors (Lipinski definition) is 2. The third-order valence-electron chi connectivity index (χ3n) is 7.76. The van der Waals surface area contributed by atoms with Gasteiger partial charge in [0.15, 0.2) is 6.19 Å². The summed E-state index contributed by atoms with van der Waals surface area (Å²) in [4.78, 5) is 34.9. The van der Waals surface area contributed by atoms with Gasteiger partial charge in [0.2, 0.25) is 11.5 Å². The van der Waals surface area contributed by atoms with E-state index >= 15 is 0 Å². The summed E-state index contributed by atoms with van der Waals surface area (Å²) < 4.78 is 116. The van der Waals surface area contributed by atoms with Gasteiger partial charge < -0.3 is 19.7 Å². The number of aryl methyl sites for hydroxylation is 1. The molecule has 0 aliphatic carbocycles. The fourth-order valence-electron chi connectivity index (χ4n) is 5.30. The molecule has 11 nitrogen and oxygen atoms in total. The second kappa shape index (κ2) is 12.2. The first-order chi connectivity index (χ1) is 22.1. The van der Waals surface area contributed by atoms with Crippen molar-refractivity contribution in [3.8, 4) is 6.19 Å². The Morgan fingerprint density at radius 3 is 2.33 bits per heavy atom. The molecule has 0 bridgehead atoms. The number of carbonyl (C=O) groups is 2. The van der Waals surface area contributed by atoms with Gasteiger partial charge in [0.1, 0.15) is 22.8 Å². The monoisotopic (exact) mass is 711 g/mol. The van der Waals surface area contributed by atoms with E-state index in [1.165, 1.54) is 32.5 Å². The maximum atomic E-state index is 14.2. The summed E-state index contributed by atoms with van der Waals surface area (Å²) >= 11 is 0. The molecule has 0 radical (unpaired) electrons. The highest BCUT2D eigenvalue weighted by molar-refractivity contribution is 8.45. The Balaban J connectivity index is 1.78. The number of ether oxygens (including phenoxy) is 1. The van der Waals surface area contributed by atoms with Gasteiger partial charge in [-0.2, -0.15) is 18.4 Å². The van der Waals surface area contributed by atoms with Crippen molar-refractivity contribution in [1.82, 2.24) is 24.8 Å². The smallest absolute Gasteiger partial charge is 0.379 e. The van der Waals surface area contributed by atoms with Gasteiger partial charge in [0.25, 0.3) is 5.91 Å². The molecular weight excluding hydrogens is 682 g/mol.